The van der Waals surface area contributed by atoms with E-state index >= 15 is 0 Å². The summed E-state index contributed by atoms with van der Waals surface area (Å²) in [6.45, 7) is 7.82. The molecule has 0 aromatic heterocycles. The molecule has 21 heavy (non-hydrogen) atoms. The molecule has 6 heteroatoms. The van der Waals surface area contributed by atoms with Crippen LogP contribution in [0.15, 0.2) is 0 Å². The summed E-state index contributed by atoms with van der Waals surface area (Å²) in [7, 11) is 0. The number of nitrogens with zero attached hydrogens (tertiary/aromatic N) is 2. The Bertz CT molecular complexity index is 367. The molecule has 0 spiro atoms. The Balaban J connectivity index is 1.36. The molecule has 1 atom stereocenters. The second-order valence-electron chi connectivity index (χ2n) is 6.60. The molecule has 3 aliphatic rings. The van der Waals surface area contributed by atoms with Gasteiger partial charge in [0, 0.05) is 45.3 Å². The van der Waals surface area contributed by atoms with Crippen LogP contribution < -0.4 is 5.32 Å². The number of hydrogen-bond acceptors (Lipinski definition) is 5. The Labute approximate surface area is 126 Å². The minimum atomic E-state index is -1.07. The standard InChI is InChI=1S/C15H27N3O3/c19-14(15(20)3-1-4-15)16-13-2-5-18(12-13)7-6-17-8-10-21-11-9-17/h13,20H,1-12H2,(H,16,19). The Morgan fingerprint density at radius 3 is 2.57 bits per heavy atom. The highest BCUT2D eigenvalue weighted by molar-refractivity contribution is 5.86. The molecule has 2 aliphatic heterocycles. The van der Waals surface area contributed by atoms with E-state index in [1.54, 1.807) is 0 Å². The van der Waals surface area contributed by atoms with Crippen molar-refractivity contribution in [1.29, 1.82) is 0 Å². The molecule has 3 rings (SSSR count). The topological polar surface area (TPSA) is 65.0 Å². The highest BCUT2D eigenvalue weighted by Crippen LogP contribution is 2.31. The molecule has 2 saturated heterocycles. The number of carbonyl (C=O) groups excluding carboxylic acids is 1. The number of aliphatic hydroxyl groups is 1. The van der Waals surface area contributed by atoms with Gasteiger partial charge < -0.3 is 15.2 Å². The molecular weight excluding hydrogens is 270 g/mol. The molecule has 0 radical (unpaired) electrons. The van der Waals surface area contributed by atoms with Crippen molar-refractivity contribution in [3.05, 3.63) is 0 Å². The summed E-state index contributed by atoms with van der Waals surface area (Å²) in [6, 6.07) is 0.201. The maximum atomic E-state index is 12.0. The third-order valence-corrected chi connectivity index (χ3v) is 5.05. The first-order valence-corrected chi connectivity index (χ1v) is 8.21. The van der Waals surface area contributed by atoms with Gasteiger partial charge in [0.25, 0.3) is 5.91 Å². The summed E-state index contributed by atoms with van der Waals surface area (Å²) in [4.78, 5) is 16.9. The van der Waals surface area contributed by atoms with Crippen LogP contribution in [0.5, 0.6) is 0 Å². The third-order valence-electron chi connectivity index (χ3n) is 5.05. The molecule has 0 aromatic rings. The van der Waals surface area contributed by atoms with Crippen molar-refractivity contribution in [2.75, 3.05) is 52.5 Å². The maximum Gasteiger partial charge on any atom is 0.252 e. The van der Waals surface area contributed by atoms with E-state index in [2.05, 4.69) is 15.1 Å². The molecular formula is C15H27N3O3. The van der Waals surface area contributed by atoms with Gasteiger partial charge in [-0.2, -0.15) is 0 Å². The van der Waals surface area contributed by atoms with E-state index in [0.29, 0.717) is 12.8 Å². The highest BCUT2D eigenvalue weighted by atomic mass is 16.5. The molecule has 6 nitrogen and oxygen atoms in total. The first-order chi connectivity index (χ1) is 10.2. The third kappa shape index (κ3) is 3.74. The smallest absolute Gasteiger partial charge is 0.252 e. The van der Waals surface area contributed by atoms with E-state index in [-0.39, 0.29) is 11.9 Å². The molecule has 0 bridgehead atoms. The number of likely N-dealkylation sites (tertiary alicyclic amines) is 1. The Morgan fingerprint density at radius 1 is 1.19 bits per heavy atom. The van der Waals surface area contributed by atoms with E-state index in [1.807, 2.05) is 0 Å². The lowest BCUT2D eigenvalue weighted by Crippen LogP contribution is -2.54. The number of nitrogens with one attached hydrogen (secondary N) is 1. The van der Waals surface area contributed by atoms with E-state index in [0.717, 1.165) is 65.3 Å². The second-order valence-corrected chi connectivity index (χ2v) is 6.60. The minimum absolute atomic E-state index is 0.159. The molecule has 1 amide bonds. The molecule has 1 saturated carbocycles. The quantitative estimate of drug-likeness (QED) is 0.711. The van der Waals surface area contributed by atoms with Crippen LogP contribution in [-0.4, -0.2) is 84.9 Å². The summed E-state index contributed by atoms with van der Waals surface area (Å²) in [5.74, 6) is -0.159. The van der Waals surface area contributed by atoms with Gasteiger partial charge in [-0.3, -0.25) is 14.6 Å². The van der Waals surface area contributed by atoms with Gasteiger partial charge in [-0.05, 0) is 25.7 Å². The Kier molecular flexibility index (Phi) is 4.78. The zero-order chi connectivity index (χ0) is 14.7. The zero-order valence-corrected chi connectivity index (χ0v) is 12.7. The molecule has 0 aromatic carbocycles. The van der Waals surface area contributed by atoms with Crippen LogP contribution in [0.1, 0.15) is 25.7 Å². The van der Waals surface area contributed by atoms with Crippen LogP contribution in [0.25, 0.3) is 0 Å². The van der Waals surface area contributed by atoms with Gasteiger partial charge in [-0.1, -0.05) is 0 Å². The van der Waals surface area contributed by atoms with E-state index < -0.39 is 5.60 Å². The molecule has 1 aliphatic carbocycles. The predicted octanol–water partition coefficient (Wildman–Crippen LogP) is -0.576. The van der Waals surface area contributed by atoms with Crippen LogP contribution in [-0.2, 0) is 9.53 Å². The van der Waals surface area contributed by atoms with Crippen molar-refractivity contribution in [3.63, 3.8) is 0 Å². The first-order valence-electron chi connectivity index (χ1n) is 8.21. The van der Waals surface area contributed by atoms with E-state index in [4.69, 9.17) is 4.74 Å². The van der Waals surface area contributed by atoms with Gasteiger partial charge >= 0.3 is 0 Å². The summed E-state index contributed by atoms with van der Waals surface area (Å²) < 4.78 is 5.35. The first kappa shape index (κ1) is 15.2. The lowest BCUT2D eigenvalue weighted by molar-refractivity contribution is -0.149. The number of carbonyl (C=O) groups is 1. The van der Waals surface area contributed by atoms with Crippen LogP contribution in [0.3, 0.4) is 0 Å². The van der Waals surface area contributed by atoms with Gasteiger partial charge in [0.15, 0.2) is 0 Å². The van der Waals surface area contributed by atoms with E-state index in [1.165, 1.54) is 0 Å². The summed E-state index contributed by atoms with van der Waals surface area (Å²) in [5.41, 5.74) is -1.07. The number of rotatable bonds is 5. The number of hydrogen-bond donors (Lipinski definition) is 2. The van der Waals surface area contributed by atoms with Crippen molar-refractivity contribution in [3.8, 4) is 0 Å². The van der Waals surface area contributed by atoms with Crippen LogP contribution >= 0.6 is 0 Å². The average molecular weight is 297 g/mol. The van der Waals surface area contributed by atoms with Crippen molar-refractivity contribution < 1.29 is 14.6 Å². The summed E-state index contributed by atoms with van der Waals surface area (Å²) in [5, 5.41) is 13.1. The van der Waals surface area contributed by atoms with Crippen molar-refractivity contribution in [2.24, 2.45) is 0 Å². The minimum Gasteiger partial charge on any atom is -0.380 e. The predicted molar refractivity (Wildman–Crippen MR) is 79.0 cm³/mol. The van der Waals surface area contributed by atoms with Crippen LogP contribution in [0.4, 0.5) is 0 Å². The Hall–Kier alpha value is -0.690. The zero-order valence-electron chi connectivity index (χ0n) is 12.7. The summed E-state index contributed by atoms with van der Waals surface area (Å²) >= 11 is 0. The van der Waals surface area contributed by atoms with Gasteiger partial charge in [0.2, 0.25) is 0 Å². The fourth-order valence-electron chi connectivity index (χ4n) is 3.32. The SMILES string of the molecule is O=C(NC1CCN(CCN2CCOCC2)C1)C1(O)CCC1. The van der Waals surface area contributed by atoms with Crippen molar-refractivity contribution >= 4 is 5.91 Å². The van der Waals surface area contributed by atoms with Crippen LogP contribution in [0, 0.1) is 0 Å². The van der Waals surface area contributed by atoms with Crippen LogP contribution in [0.2, 0.25) is 0 Å². The fourth-order valence-corrected chi connectivity index (χ4v) is 3.32. The van der Waals surface area contributed by atoms with Crippen molar-refractivity contribution in [2.45, 2.75) is 37.3 Å². The molecule has 2 heterocycles. The summed E-state index contributed by atoms with van der Waals surface area (Å²) in [6.07, 6.45) is 3.18. The highest BCUT2D eigenvalue weighted by Gasteiger charge is 2.43. The van der Waals surface area contributed by atoms with Gasteiger partial charge in [-0.15, -0.1) is 0 Å². The normalized spacial score (nSPS) is 30.0. The average Bonchev–Trinajstić information content (AvgIpc) is 2.91. The lowest BCUT2D eigenvalue weighted by Gasteiger charge is -2.35. The van der Waals surface area contributed by atoms with E-state index in [9.17, 15) is 9.90 Å². The fraction of sp³-hybridized carbons (Fsp3) is 0.933. The number of amides is 1. The number of ether oxygens (including phenoxy) is 1. The van der Waals surface area contributed by atoms with Gasteiger partial charge in [0.05, 0.1) is 13.2 Å². The lowest BCUT2D eigenvalue weighted by atomic mass is 9.79. The molecule has 1 unspecified atom stereocenters. The molecule has 120 valence electrons. The molecule has 3 fully saturated rings. The van der Waals surface area contributed by atoms with Gasteiger partial charge in [0.1, 0.15) is 5.60 Å². The largest absolute Gasteiger partial charge is 0.380 e. The Morgan fingerprint density at radius 2 is 1.90 bits per heavy atom. The number of morpholine rings is 1. The molecule has 2 N–H and O–H groups in total. The second kappa shape index (κ2) is 6.60. The monoisotopic (exact) mass is 297 g/mol. The van der Waals surface area contributed by atoms with Gasteiger partial charge in [-0.25, -0.2) is 0 Å². The van der Waals surface area contributed by atoms with Crippen molar-refractivity contribution in [1.82, 2.24) is 15.1 Å². The maximum absolute atomic E-state index is 12.0.